The monoisotopic (exact) mass is 232 g/mol. The van der Waals surface area contributed by atoms with Crippen LogP contribution in [0.1, 0.15) is 5.56 Å². The normalized spacial score (nSPS) is 8.69. The Hall–Kier alpha value is -0.376. The van der Waals surface area contributed by atoms with Gasteiger partial charge in [0, 0.05) is 23.5 Å². The summed E-state index contributed by atoms with van der Waals surface area (Å²) in [4.78, 5) is 11.0. The Morgan fingerprint density at radius 3 is 2.46 bits per heavy atom. The Kier molecular flexibility index (Phi) is 6.86. The van der Waals surface area contributed by atoms with Crippen LogP contribution >= 0.6 is 11.8 Å². The molecule has 2 nitrogen and oxygen atoms in total. The molecule has 0 aliphatic carbocycles. The minimum absolute atomic E-state index is 0. The first-order valence-corrected chi connectivity index (χ1v) is 4.71. The average Bonchev–Trinajstić information content (AvgIpc) is 2.15. The quantitative estimate of drug-likeness (QED) is 0.586. The minimum atomic E-state index is 0. The maximum atomic E-state index is 9.75. The fourth-order valence-corrected chi connectivity index (χ4v) is 1.24. The molecule has 0 unspecified atom stereocenters. The second-order valence-corrected chi connectivity index (χ2v) is 3.10. The summed E-state index contributed by atoms with van der Waals surface area (Å²) in [6.07, 6.45) is 2.02. The first-order valence-electron chi connectivity index (χ1n) is 3.48. The molecule has 0 bridgehead atoms. The predicted octanol–water partition coefficient (Wildman–Crippen LogP) is 1.99. The molecule has 0 N–H and O–H groups in total. The third-order valence-corrected chi connectivity index (χ3v) is 2.20. The van der Waals surface area contributed by atoms with Crippen molar-refractivity contribution in [3.8, 4) is 0 Å². The van der Waals surface area contributed by atoms with Gasteiger partial charge in [0.15, 0.2) is 0 Å². The molecule has 1 rings (SSSR count). The van der Waals surface area contributed by atoms with E-state index in [0.29, 0.717) is 6.61 Å². The van der Waals surface area contributed by atoms with Crippen molar-refractivity contribution in [3.05, 3.63) is 29.8 Å². The molecule has 13 heavy (non-hydrogen) atoms. The summed E-state index contributed by atoms with van der Waals surface area (Å²) in [5.41, 5.74) is 0.983. The zero-order valence-electron chi connectivity index (χ0n) is 7.19. The van der Waals surface area contributed by atoms with Crippen molar-refractivity contribution in [1.29, 1.82) is 0 Å². The molecule has 0 aromatic heterocycles. The number of benzene rings is 1. The van der Waals surface area contributed by atoms with Crippen molar-refractivity contribution in [2.24, 2.45) is 0 Å². The maximum Gasteiger partial charge on any atom is 0.0745 e. The zero-order valence-corrected chi connectivity index (χ0v) is 9.40. The van der Waals surface area contributed by atoms with E-state index in [1.54, 1.807) is 11.8 Å². The number of hydrogen-bond acceptors (Lipinski definition) is 3. The first kappa shape index (κ1) is 12.6. The molecule has 0 heterocycles. The summed E-state index contributed by atoms with van der Waals surface area (Å²) in [6, 6.07) is 7.86. The van der Waals surface area contributed by atoms with E-state index < -0.39 is 0 Å². The van der Waals surface area contributed by atoms with Crippen molar-refractivity contribution < 1.29 is 28.1 Å². The standard InChI is InChI=1S/C9H9O2S.V/c1-12-9-4-2-8(3-5-9)6-11-7-10;/h2-5H,6H2,1H3;/q-1;. The van der Waals surface area contributed by atoms with Crippen LogP contribution < -0.4 is 0 Å². The number of ether oxygens (including phenoxy) is 1. The second kappa shape index (κ2) is 7.07. The largest absolute Gasteiger partial charge is 0.650 e. The third kappa shape index (κ3) is 4.41. The molecule has 1 radical (unpaired) electrons. The second-order valence-electron chi connectivity index (χ2n) is 2.22. The van der Waals surface area contributed by atoms with Crippen LogP contribution in [0, 0.1) is 0 Å². The van der Waals surface area contributed by atoms with Gasteiger partial charge in [-0.2, -0.15) is 0 Å². The number of thioether (sulfide) groups is 1. The van der Waals surface area contributed by atoms with Crippen LogP contribution in [0.3, 0.4) is 0 Å². The smallest absolute Gasteiger partial charge is 0.0745 e. The van der Waals surface area contributed by atoms with Crippen LogP contribution in [0.15, 0.2) is 29.2 Å². The summed E-state index contributed by atoms with van der Waals surface area (Å²) in [5, 5.41) is 0. The van der Waals surface area contributed by atoms with Gasteiger partial charge in [0.05, 0.1) is 6.61 Å². The molecular formula is C9H9O2SV-. The van der Waals surface area contributed by atoms with Gasteiger partial charge in [0.1, 0.15) is 0 Å². The molecule has 0 amide bonds. The van der Waals surface area contributed by atoms with Gasteiger partial charge in [-0.25, -0.2) is 0 Å². The fraction of sp³-hybridized carbons (Fsp3) is 0.222. The van der Waals surface area contributed by atoms with Crippen LogP contribution in [-0.2, 0) is 34.7 Å². The predicted molar refractivity (Wildman–Crippen MR) is 48.7 cm³/mol. The first-order chi connectivity index (χ1) is 5.86. The van der Waals surface area contributed by atoms with Gasteiger partial charge < -0.3 is 9.53 Å². The van der Waals surface area contributed by atoms with Gasteiger partial charge in [-0.15, -0.1) is 11.8 Å². The molecule has 0 saturated heterocycles. The Labute approximate surface area is 93.9 Å². The van der Waals surface area contributed by atoms with E-state index in [2.05, 4.69) is 4.74 Å². The Morgan fingerprint density at radius 2 is 2.00 bits per heavy atom. The summed E-state index contributed by atoms with van der Waals surface area (Å²) in [7, 11) is 0. The van der Waals surface area contributed by atoms with E-state index in [1.807, 2.05) is 30.5 Å². The fourth-order valence-electron chi connectivity index (χ4n) is 0.835. The number of hydrogen-bond donors (Lipinski definition) is 0. The van der Waals surface area contributed by atoms with Crippen molar-refractivity contribution in [1.82, 2.24) is 0 Å². The van der Waals surface area contributed by atoms with Gasteiger partial charge in [0.2, 0.25) is 0 Å². The Bertz CT molecular complexity index is 248. The Balaban J connectivity index is 0.00000144. The maximum absolute atomic E-state index is 9.75. The van der Waals surface area contributed by atoms with Crippen molar-refractivity contribution >= 4 is 18.2 Å². The van der Waals surface area contributed by atoms with Gasteiger partial charge in [-0.3, -0.25) is 0 Å². The van der Waals surface area contributed by atoms with Crippen LogP contribution in [0.25, 0.3) is 0 Å². The molecule has 1 aromatic rings. The van der Waals surface area contributed by atoms with Crippen molar-refractivity contribution in [3.63, 3.8) is 0 Å². The molecule has 4 heteroatoms. The van der Waals surface area contributed by atoms with E-state index in [9.17, 15) is 4.79 Å². The number of rotatable bonds is 4. The molecule has 0 aliphatic rings. The SMILES string of the molecule is CSc1ccc(CO[C-]=O)cc1.[V]. The van der Waals surface area contributed by atoms with Gasteiger partial charge in [-0.05, 0) is 24.0 Å². The van der Waals surface area contributed by atoms with Crippen LogP contribution in [-0.4, -0.2) is 12.7 Å². The van der Waals surface area contributed by atoms with Gasteiger partial charge in [-0.1, -0.05) is 18.6 Å². The molecule has 1 aromatic carbocycles. The molecule has 0 atom stereocenters. The van der Waals surface area contributed by atoms with E-state index in [-0.39, 0.29) is 18.6 Å². The van der Waals surface area contributed by atoms with Crippen LogP contribution in [0.2, 0.25) is 0 Å². The average molecular weight is 232 g/mol. The molecule has 0 fully saturated rings. The van der Waals surface area contributed by atoms with E-state index >= 15 is 0 Å². The van der Waals surface area contributed by atoms with Crippen LogP contribution in [0.4, 0.5) is 0 Å². The van der Waals surface area contributed by atoms with E-state index in [4.69, 9.17) is 0 Å². The summed E-state index contributed by atoms with van der Waals surface area (Å²) >= 11 is 1.68. The summed E-state index contributed by atoms with van der Waals surface area (Å²) in [6.45, 7) is 1.69. The van der Waals surface area contributed by atoms with Gasteiger partial charge in [0.25, 0.3) is 0 Å². The summed E-state index contributed by atoms with van der Waals surface area (Å²) in [5.74, 6) is 0. The third-order valence-electron chi connectivity index (χ3n) is 1.46. The van der Waals surface area contributed by atoms with Crippen molar-refractivity contribution in [2.75, 3.05) is 6.26 Å². The summed E-state index contributed by atoms with van der Waals surface area (Å²) < 4.78 is 4.48. The molecule has 69 valence electrons. The Morgan fingerprint density at radius 1 is 1.38 bits per heavy atom. The molecule has 0 spiro atoms. The topological polar surface area (TPSA) is 26.3 Å². The van der Waals surface area contributed by atoms with E-state index in [0.717, 1.165) is 5.56 Å². The minimum Gasteiger partial charge on any atom is -0.650 e. The molecule has 0 saturated carbocycles. The zero-order chi connectivity index (χ0) is 8.81. The number of carbonyl (C=O) groups excluding carboxylic acids is 1. The molecular weight excluding hydrogens is 223 g/mol. The molecule has 0 aliphatic heterocycles. The van der Waals surface area contributed by atoms with E-state index in [1.165, 1.54) is 11.4 Å². The van der Waals surface area contributed by atoms with Gasteiger partial charge >= 0.3 is 0 Å². The van der Waals surface area contributed by atoms with Crippen LogP contribution in [0.5, 0.6) is 0 Å². The van der Waals surface area contributed by atoms with Crippen molar-refractivity contribution in [2.45, 2.75) is 11.5 Å².